The summed E-state index contributed by atoms with van der Waals surface area (Å²) in [5, 5.41) is 24.9. The number of cyclic esters (lactones) is 1. The zero-order valence-corrected chi connectivity index (χ0v) is 37.4. The quantitative estimate of drug-likeness (QED) is 0.173. The number of methoxy groups -OCH3 is 3. The number of aliphatic hydroxyl groups is 2. The molecule has 0 aromatic carbocycles. The fourth-order valence-electron chi connectivity index (χ4n) is 9.91. The van der Waals surface area contributed by atoms with Gasteiger partial charge in [-0.3, -0.25) is 19.2 Å². The van der Waals surface area contributed by atoms with Crippen LogP contribution in [0.5, 0.6) is 0 Å². The summed E-state index contributed by atoms with van der Waals surface area (Å²) < 4.78 is 30.5. The van der Waals surface area contributed by atoms with Crippen molar-refractivity contribution in [1.29, 1.82) is 0 Å². The first-order valence-corrected chi connectivity index (χ1v) is 21.9. The smallest absolute Gasteiger partial charge is 0.329 e. The fraction of sp³-hybridized carbons (Fsp3) is 0.761. The number of amides is 2. The summed E-state index contributed by atoms with van der Waals surface area (Å²) in [5.74, 6) is -5.54. The maximum absolute atomic E-state index is 14.8. The summed E-state index contributed by atoms with van der Waals surface area (Å²) in [6, 6.07) is -1.15. The molecule has 2 bridgehead atoms. The average Bonchev–Trinajstić information content (AvgIpc) is 3.21. The van der Waals surface area contributed by atoms with Crippen molar-refractivity contribution in [3.05, 3.63) is 36.0 Å². The van der Waals surface area contributed by atoms with E-state index in [1.54, 1.807) is 34.1 Å². The number of Topliss-reactive ketones (excluding diaryl/α,β-unsaturated/α-hetero) is 2. The van der Waals surface area contributed by atoms with Crippen LogP contribution in [0, 0.1) is 29.6 Å². The Kier molecular flexibility index (Phi) is 18.3. The van der Waals surface area contributed by atoms with Gasteiger partial charge in [-0.05, 0) is 95.5 Å². The highest BCUT2D eigenvalue weighted by atomic mass is 16.6. The Balaban J connectivity index is 1.83. The Labute approximate surface area is 356 Å². The van der Waals surface area contributed by atoms with Gasteiger partial charge in [-0.15, -0.1) is 6.58 Å². The molecule has 0 radical (unpaired) electrons. The Morgan fingerprint density at radius 3 is 2.23 bits per heavy atom. The third-order valence-corrected chi connectivity index (χ3v) is 13.3. The second-order valence-electron chi connectivity index (χ2n) is 18.0. The van der Waals surface area contributed by atoms with Gasteiger partial charge in [0.1, 0.15) is 24.0 Å². The lowest BCUT2D eigenvalue weighted by Gasteiger charge is -2.49. The molecule has 338 valence electrons. The lowest BCUT2D eigenvalue weighted by molar-refractivity contribution is -0.242. The lowest BCUT2D eigenvalue weighted by Crippen LogP contribution is -2.70. The van der Waals surface area contributed by atoms with Crippen molar-refractivity contribution in [2.45, 2.75) is 167 Å². The number of nitrogens with zero attached hydrogens (tertiary/aromatic N) is 1. The van der Waals surface area contributed by atoms with Gasteiger partial charge in [-0.1, -0.05) is 44.6 Å². The van der Waals surface area contributed by atoms with Crippen LogP contribution in [-0.4, -0.2) is 127 Å². The van der Waals surface area contributed by atoms with Gasteiger partial charge in [0.05, 0.1) is 30.5 Å². The van der Waals surface area contributed by atoms with Crippen LogP contribution in [0.15, 0.2) is 36.0 Å². The molecular formula is C46H72N2O12. The number of nitrogens with one attached hydrogen (secondary N) is 1. The minimum absolute atomic E-state index is 0.00209. The van der Waals surface area contributed by atoms with Gasteiger partial charge in [0.25, 0.3) is 11.7 Å². The number of allylic oxidation sites excluding steroid dienone is 4. The number of carbonyl (C=O) groups excluding carboxylic acids is 5. The number of aliphatic hydroxyl groups excluding tert-OH is 2. The molecule has 3 N–H and O–H groups in total. The normalized spacial score (nSPS) is 39.4. The van der Waals surface area contributed by atoms with Gasteiger partial charge >= 0.3 is 5.97 Å². The van der Waals surface area contributed by atoms with Crippen LogP contribution in [0.1, 0.15) is 112 Å². The molecular weight excluding hydrogens is 773 g/mol. The Bertz CT molecular complexity index is 1600. The van der Waals surface area contributed by atoms with E-state index in [1.165, 1.54) is 18.9 Å². The van der Waals surface area contributed by atoms with Crippen molar-refractivity contribution in [2.24, 2.45) is 29.6 Å². The monoisotopic (exact) mass is 845 g/mol. The zero-order chi connectivity index (χ0) is 44.5. The molecule has 4 aliphatic rings. The molecule has 0 spiro atoms. The number of hydrogen-bond acceptors (Lipinski definition) is 12. The highest BCUT2D eigenvalue weighted by molar-refractivity contribution is 6.39. The molecule has 2 saturated heterocycles. The highest BCUT2D eigenvalue weighted by Crippen LogP contribution is 2.39. The number of ether oxygens (including phenoxy) is 5. The van der Waals surface area contributed by atoms with E-state index < -0.39 is 89.7 Å². The molecule has 3 fully saturated rings. The molecule has 0 unspecified atom stereocenters. The van der Waals surface area contributed by atoms with Crippen LogP contribution in [-0.2, 0) is 47.7 Å². The van der Waals surface area contributed by atoms with Crippen molar-refractivity contribution in [3.8, 4) is 0 Å². The van der Waals surface area contributed by atoms with E-state index in [4.69, 9.17) is 23.7 Å². The maximum Gasteiger partial charge on any atom is 0.329 e. The van der Waals surface area contributed by atoms with E-state index in [9.17, 15) is 34.2 Å². The maximum atomic E-state index is 14.8. The molecule has 3 aliphatic heterocycles. The molecule has 3 heterocycles. The van der Waals surface area contributed by atoms with E-state index in [2.05, 4.69) is 11.9 Å². The first-order chi connectivity index (χ1) is 28.4. The standard InChI is InChI=1S/C46H72N2O12/c1-11-14-33-20-26(2)19-27(3)21-39(57-9)42-40(58-10)23-29(5)46(60-42,47-31(7)49)43(53)44(54)48-18-13-12-15-34(48)45(55)59-41(30(6)36(51)25-37(33)52)28(4)22-32-16-17-35(50)38(24-32)56-8/h11,20,22,27,29-30,32-36,38-42,50-51H,1,12-19,21,23-25H2,2-10H3,(H,47,49)/b26-20+,28-22+/t27-,29+,30+,32-,33+,34-,35+,36-,38+,39-,40-,41+,42+,46+/m0/s1. The van der Waals surface area contributed by atoms with Crippen LogP contribution in [0.25, 0.3) is 0 Å². The van der Waals surface area contributed by atoms with E-state index in [0.717, 1.165) is 5.57 Å². The minimum atomic E-state index is -2.09. The molecule has 60 heavy (non-hydrogen) atoms. The van der Waals surface area contributed by atoms with Gasteiger partial charge in [0, 0.05) is 59.0 Å². The van der Waals surface area contributed by atoms with Gasteiger partial charge < -0.3 is 44.1 Å². The van der Waals surface area contributed by atoms with Gasteiger partial charge in [0.2, 0.25) is 11.6 Å². The number of piperidine rings is 1. The summed E-state index contributed by atoms with van der Waals surface area (Å²) in [6.07, 6.45) is 4.91. The van der Waals surface area contributed by atoms with E-state index in [1.807, 2.05) is 32.9 Å². The molecule has 14 nitrogen and oxygen atoms in total. The Hall–Kier alpha value is -3.27. The summed E-state index contributed by atoms with van der Waals surface area (Å²) in [6.45, 7) is 14.5. The number of carbonyl (C=O) groups is 5. The number of hydrogen-bond donors (Lipinski definition) is 3. The largest absolute Gasteiger partial charge is 0.456 e. The summed E-state index contributed by atoms with van der Waals surface area (Å²) in [5.41, 5.74) is -0.486. The molecule has 1 saturated carbocycles. The van der Waals surface area contributed by atoms with Gasteiger partial charge in [-0.2, -0.15) is 0 Å². The van der Waals surface area contributed by atoms with Crippen molar-refractivity contribution < 1.29 is 57.9 Å². The van der Waals surface area contributed by atoms with Gasteiger partial charge in [0.15, 0.2) is 0 Å². The SMILES string of the molecule is C=CC[C@@H]1/C=C(\C)C[C@H](C)C[C@H](OC)[C@H]2O[C@@](NC(C)=O)(C(=O)C(=O)N3CCCC[C@H]3C(=O)O[C@H](/C(C)=C/[C@@H]3CC[C@@H](O)[C@H](OC)C3)[C@H](C)[C@@H](O)CC1=O)[C@H](C)C[C@@H]2OC. The second-order valence-corrected chi connectivity index (χ2v) is 18.0. The van der Waals surface area contributed by atoms with Crippen LogP contribution in [0.2, 0.25) is 0 Å². The number of fused-ring (bicyclic) bond motifs is 3. The first-order valence-electron chi connectivity index (χ1n) is 21.9. The van der Waals surface area contributed by atoms with Crippen molar-refractivity contribution >= 4 is 29.4 Å². The van der Waals surface area contributed by atoms with E-state index in [-0.39, 0.29) is 49.5 Å². The predicted molar refractivity (Wildman–Crippen MR) is 224 cm³/mol. The Morgan fingerprint density at radius 2 is 1.60 bits per heavy atom. The fourth-order valence-corrected chi connectivity index (χ4v) is 9.91. The minimum Gasteiger partial charge on any atom is -0.456 e. The van der Waals surface area contributed by atoms with Crippen LogP contribution < -0.4 is 5.32 Å². The van der Waals surface area contributed by atoms with E-state index >= 15 is 0 Å². The number of rotatable bonds is 8. The van der Waals surface area contributed by atoms with E-state index in [0.29, 0.717) is 56.9 Å². The molecule has 4 rings (SSSR count). The summed E-state index contributed by atoms with van der Waals surface area (Å²) >= 11 is 0. The highest BCUT2D eigenvalue weighted by Gasteiger charge is 2.58. The molecule has 14 heteroatoms. The van der Waals surface area contributed by atoms with Crippen LogP contribution >= 0.6 is 0 Å². The summed E-state index contributed by atoms with van der Waals surface area (Å²) in [4.78, 5) is 72.0. The zero-order valence-electron chi connectivity index (χ0n) is 37.4. The first kappa shape index (κ1) is 49.4. The third kappa shape index (κ3) is 11.8. The van der Waals surface area contributed by atoms with Crippen LogP contribution in [0.4, 0.5) is 0 Å². The molecule has 2 amide bonds. The average molecular weight is 845 g/mol. The van der Waals surface area contributed by atoms with Crippen molar-refractivity contribution in [2.75, 3.05) is 27.9 Å². The Morgan fingerprint density at radius 1 is 0.933 bits per heavy atom. The number of esters is 1. The van der Waals surface area contributed by atoms with Crippen molar-refractivity contribution in [1.82, 2.24) is 10.2 Å². The topological polar surface area (TPSA) is 187 Å². The van der Waals surface area contributed by atoms with Crippen molar-refractivity contribution in [3.63, 3.8) is 0 Å². The van der Waals surface area contributed by atoms with Crippen LogP contribution in [0.3, 0.4) is 0 Å². The summed E-state index contributed by atoms with van der Waals surface area (Å²) in [7, 11) is 4.64. The lowest BCUT2D eigenvalue weighted by atomic mass is 9.80. The third-order valence-electron chi connectivity index (χ3n) is 13.3. The molecule has 0 aromatic heterocycles. The molecule has 14 atom stereocenters. The predicted octanol–water partition coefficient (Wildman–Crippen LogP) is 4.78. The molecule has 0 aromatic rings. The second kappa shape index (κ2) is 22.2. The van der Waals surface area contributed by atoms with Gasteiger partial charge in [-0.25, -0.2) is 4.79 Å². The number of ketones is 2. The molecule has 1 aliphatic carbocycles.